The third kappa shape index (κ3) is 3.76. The first-order chi connectivity index (χ1) is 10.1. The molecular formula is C17H26N2O2. The van der Waals surface area contributed by atoms with Crippen LogP contribution in [-0.2, 0) is 4.79 Å². The quantitative estimate of drug-likeness (QED) is 0.906. The third-order valence-corrected chi connectivity index (χ3v) is 4.65. The summed E-state index contributed by atoms with van der Waals surface area (Å²) in [5.41, 5.74) is 0.851. The Hall–Kier alpha value is -1.55. The molecule has 0 saturated heterocycles. The maximum absolute atomic E-state index is 12.6. The molecule has 0 spiro atoms. The number of nitrogens with zero attached hydrogens (tertiary/aromatic N) is 1. The largest absolute Gasteiger partial charge is 0.497 e. The highest BCUT2D eigenvalue weighted by molar-refractivity contribution is 5.93. The summed E-state index contributed by atoms with van der Waals surface area (Å²) < 4.78 is 5.23. The summed E-state index contributed by atoms with van der Waals surface area (Å²) in [6, 6.07) is 7.63. The molecule has 1 saturated carbocycles. The molecule has 0 aromatic heterocycles. The molecule has 1 aliphatic carbocycles. The molecule has 0 heterocycles. The van der Waals surface area contributed by atoms with E-state index < -0.39 is 0 Å². The highest BCUT2D eigenvalue weighted by atomic mass is 16.5. The van der Waals surface area contributed by atoms with E-state index >= 15 is 0 Å². The van der Waals surface area contributed by atoms with Crippen molar-refractivity contribution in [2.24, 2.45) is 0 Å². The van der Waals surface area contributed by atoms with Crippen LogP contribution in [0.5, 0.6) is 5.75 Å². The summed E-state index contributed by atoms with van der Waals surface area (Å²) >= 11 is 0. The molecule has 1 aromatic rings. The molecule has 21 heavy (non-hydrogen) atoms. The molecule has 0 unspecified atom stereocenters. The third-order valence-electron chi connectivity index (χ3n) is 4.65. The lowest BCUT2D eigenvalue weighted by atomic mass is 9.79. The van der Waals surface area contributed by atoms with Crippen molar-refractivity contribution in [1.82, 2.24) is 5.32 Å². The molecule has 1 amide bonds. The molecule has 0 radical (unpaired) electrons. The lowest BCUT2D eigenvalue weighted by Gasteiger charge is -2.37. The predicted octanol–water partition coefficient (Wildman–Crippen LogP) is 2.97. The number of hydrogen-bond donors (Lipinski definition) is 1. The van der Waals surface area contributed by atoms with E-state index in [-0.39, 0.29) is 11.4 Å². The Labute approximate surface area is 127 Å². The molecule has 4 heteroatoms. The highest BCUT2D eigenvalue weighted by Crippen LogP contribution is 2.32. The number of benzene rings is 1. The fourth-order valence-corrected chi connectivity index (χ4v) is 3.11. The van der Waals surface area contributed by atoms with Crippen LogP contribution in [-0.4, -0.2) is 32.7 Å². The first kappa shape index (κ1) is 15.8. The maximum Gasteiger partial charge on any atom is 0.228 e. The van der Waals surface area contributed by atoms with E-state index in [1.54, 1.807) is 12.0 Å². The van der Waals surface area contributed by atoms with Crippen LogP contribution in [0, 0.1) is 0 Å². The lowest BCUT2D eigenvalue weighted by Crippen LogP contribution is -2.48. The van der Waals surface area contributed by atoms with Crippen LogP contribution in [0.3, 0.4) is 0 Å². The molecule has 2 rings (SSSR count). The van der Waals surface area contributed by atoms with Crippen molar-refractivity contribution in [1.29, 1.82) is 0 Å². The molecule has 4 nitrogen and oxygen atoms in total. The van der Waals surface area contributed by atoms with Crippen LogP contribution in [0.4, 0.5) is 5.69 Å². The normalized spacial score (nSPS) is 17.3. The van der Waals surface area contributed by atoms with Crippen molar-refractivity contribution in [3.8, 4) is 5.75 Å². The topological polar surface area (TPSA) is 41.6 Å². The fraction of sp³-hybridized carbons (Fsp3) is 0.588. The van der Waals surface area contributed by atoms with Gasteiger partial charge >= 0.3 is 0 Å². The molecule has 0 bridgehead atoms. The Morgan fingerprint density at radius 1 is 1.33 bits per heavy atom. The molecule has 1 aliphatic rings. The first-order valence-corrected chi connectivity index (χ1v) is 7.70. The molecular weight excluding hydrogens is 264 g/mol. The standard InChI is InChI=1S/C17H26N2O2/c1-18-17(10-5-4-6-11-17)13-16(20)19(2)14-8-7-9-15(12-14)21-3/h7-9,12,18H,4-6,10-11,13H2,1-3H3. The number of hydrogen-bond acceptors (Lipinski definition) is 3. The summed E-state index contributed by atoms with van der Waals surface area (Å²) in [6.45, 7) is 0. The Morgan fingerprint density at radius 3 is 2.67 bits per heavy atom. The van der Waals surface area contributed by atoms with Crippen molar-refractivity contribution < 1.29 is 9.53 Å². The Balaban J connectivity index is 2.07. The van der Waals surface area contributed by atoms with Gasteiger partial charge in [0.15, 0.2) is 0 Å². The predicted molar refractivity (Wildman–Crippen MR) is 85.9 cm³/mol. The van der Waals surface area contributed by atoms with Gasteiger partial charge in [0.05, 0.1) is 7.11 Å². The van der Waals surface area contributed by atoms with Crippen molar-refractivity contribution in [3.05, 3.63) is 24.3 Å². The second-order valence-electron chi connectivity index (χ2n) is 5.92. The SMILES string of the molecule is CNC1(CC(=O)N(C)c2cccc(OC)c2)CCCCC1. The smallest absolute Gasteiger partial charge is 0.228 e. The monoisotopic (exact) mass is 290 g/mol. The molecule has 0 atom stereocenters. The van der Waals surface area contributed by atoms with Gasteiger partial charge in [0.25, 0.3) is 0 Å². The van der Waals surface area contributed by atoms with Crippen molar-refractivity contribution in [3.63, 3.8) is 0 Å². The number of rotatable bonds is 5. The number of amides is 1. The van der Waals surface area contributed by atoms with E-state index in [0.717, 1.165) is 24.3 Å². The number of anilines is 1. The van der Waals surface area contributed by atoms with Crippen LogP contribution in [0.2, 0.25) is 0 Å². The van der Waals surface area contributed by atoms with Crippen LogP contribution >= 0.6 is 0 Å². The van der Waals surface area contributed by atoms with E-state index in [4.69, 9.17) is 4.74 Å². The van der Waals surface area contributed by atoms with Crippen molar-refractivity contribution in [2.75, 3.05) is 26.1 Å². The summed E-state index contributed by atoms with van der Waals surface area (Å²) in [5, 5.41) is 3.41. The number of ether oxygens (including phenoxy) is 1. The molecule has 116 valence electrons. The zero-order chi connectivity index (χ0) is 15.3. The zero-order valence-corrected chi connectivity index (χ0v) is 13.3. The van der Waals surface area contributed by atoms with Gasteiger partial charge in [-0.1, -0.05) is 25.3 Å². The van der Waals surface area contributed by atoms with Crippen molar-refractivity contribution >= 4 is 11.6 Å². The van der Waals surface area contributed by atoms with Crippen LogP contribution in [0.1, 0.15) is 38.5 Å². The van der Waals surface area contributed by atoms with Gasteiger partial charge in [-0.3, -0.25) is 4.79 Å². The van der Waals surface area contributed by atoms with Gasteiger partial charge in [-0.25, -0.2) is 0 Å². The first-order valence-electron chi connectivity index (χ1n) is 7.70. The van der Waals surface area contributed by atoms with E-state index in [0.29, 0.717) is 6.42 Å². The summed E-state index contributed by atoms with van der Waals surface area (Å²) in [6.07, 6.45) is 6.41. The van der Waals surface area contributed by atoms with E-state index in [1.165, 1.54) is 19.3 Å². The van der Waals surface area contributed by atoms with Crippen LogP contribution in [0.15, 0.2) is 24.3 Å². The molecule has 1 N–H and O–H groups in total. The van der Waals surface area contributed by atoms with Gasteiger partial charge < -0.3 is 15.0 Å². The number of methoxy groups -OCH3 is 1. The minimum Gasteiger partial charge on any atom is -0.497 e. The molecule has 1 aromatic carbocycles. The van der Waals surface area contributed by atoms with Gasteiger partial charge in [0.2, 0.25) is 5.91 Å². The fourth-order valence-electron chi connectivity index (χ4n) is 3.11. The van der Waals surface area contributed by atoms with Crippen LogP contribution in [0.25, 0.3) is 0 Å². The maximum atomic E-state index is 12.6. The Kier molecular flexibility index (Phi) is 5.23. The van der Waals surface area contributed by atoms with Gasteiger partial charge in [-0.05, 0) is 32.0 Å². The highest BCUT2D eigenvalue weighted by Gasteiger charge is 2.33. The Morgan fingerprint density at radius 2 is 2.05 bits per heavy atom. The summed E-state index contributed by atoms with van der Waals surface area (Å²) in [7, 11) is 5.45. The average molecular weight is 290 g/mol. The van der Waals surface area contributed by atoms with Gasteiger partial charge in [0, 0.05) is 30.8 Å². The molecule has 1 fully saturated rings. The second-order valence-corrected chi connectivity index (χ2v) is 5.92. The zero-order valence-electron chi connectivity index (χ0n) is 13.3. The number of nitrogens with one attached hydrogen (secondary N) is 1. The van der Waals surface area contributed by atoms with Gasteiger partial charge in [0.1, 0.15) is 5.75 Å². The minimum atomic E-state index is -0.0253. The summed E-state index contributed by atoms with van der Waals surface area (Å²) in [5.74, 6) is 0.924. The van der Waals surface area contributed by atoms with E-state index in [2.05, 4.69) is 5.32 Å². The average Bonchev–Trinajstić information content (AvgIpc) is 2.55. The number of carbonyl (C=O) groups is 1. The van der Waals surface area contributed by atoms with E-state index in [1.807, 2.05) is 38.4 Å². The van der Waals surface area contributed by atoms with Crippen LogP contribution < -0.4 is 15.0 Å². The second kappa shape index (κ2) is 6.94. The minimum absolute atomic E-state index is 0.0253. The van der Waals surface area contributed by atoms with Crippen molar-refractivity contribution in [2.45, 2.75) is 44.1 Å². The molecule has 0 aliphatic heterocycles. The van der Waals surface area contributed by atoms with Gasteiger partial charge in [-0.15, -0.1) is 0 Å². The Bertz CT molecular complexity index is 481. The lowest BCUT2D eigenvalue weighted by molar-refractivity contribution is -0.120. The summed E-state index contributed by atoms with van der Waals surface area (Å²) in [4.78, 5) is 14.4. The van der Waals surface area contributed by atoms with Gasteiger partial charge in [-0.2, -0.15) is 0 Å². The number of carbonyl (C=O) groups excluding carboxylic acids is 1. The van der Waals surface area contributed by atoms with E-state index in [9.17, 15) is 4.79 Å².